The van der Waals surface area contributed by atoms with E-state index in [1.54, 1.807) is 0 Å². The number of carbonyl (C=O) groups excluding carboxylic acids is 1. The van der Waals surface area contributed by atoms with Crippen LogP contribution in [0.5, 0.6) is 11.5 Å². The third kappa shape index (κ3) is 5.30. The topological polar surface area (TPSA) is 47.6 Å². The van der Waals surface area contributed by atoms with Crippen molar-refractivity contribution in [2.75, 3.05) is 11.9 Å². The van der Waals surface area contributed by atoms with Gasteiger partial charge in [0.15, 0.2) is 6.10 Å². The van der Waals surface area contributed by atoms with Crippen molar-refractivity contribution in [1.82, 2.24) is 0 Å². The number of nitrogens with one attached hydrogen (secondary N) is 1. The summed E-state index contributed by atoms with van der Waals surface area (Å²) in [6.07, 6.45) is 1.03. The average Bonchev–Trinajstić information content (AvgIpc) is 2.59. The fraction of sp³-hybridized carbons (Fsp3) is 0.350. The first kappa shape index (κ1) is 17.9. The van der Waals surface area contributed by atoms with Crippen molar-refractivity contribution in [1.29, 1.82) is 0 Å². The van der Waals surface area contributed by atoms with Crippen LogP contribution in [-0.2, 0) is 4.79 Å². The Balaban J connectivity index is 1.96. The van der Waals surface area contributed by atoms with E-state index in [9.17, 15) is 4.79 Å². The highest BCUT2D eigenvalue weighted by molar-refractivity contribution is 5.94. The zero-order valence-corrected chi connectivity index (χ0v) is 14.5. The Morgan fingerprint density at radius 3 is 2.46 bits per heavy atom. The molecule has 128 valence electrons. The maximum absolute atomic E-state index is 12.4. The molecule has 0 heterocycles. The van der Waals surface area contributed by atoms with Crippen LogP contribution in [0.1, 0.15) is 32.3 Å². The minimum atomic E-state index is -0.525. The van der Waals surface area contributed by atoms with Crippen molar-refractivity contribution in [3.63, 3.8) is 0 Å². The van der Waals surface area contributed by atoms with E-state index in [1.165, 1.54) is 0 Å². The second kappa shape index (κ2) is 8.96. The number of anilines is 1. The Bertz CT molecular complexity index is 652. The molecule has 0 spiro atoms. The van der Waals surface area contributed by atoms with Crippen LogP contribution in [0, 0.1) is 6.92 Å². The maximum Gasteiger partial charge on any atom is 0.265 e. The van der Waals surface area contributed by atoms with E-state index in [0.29, 0.717) is 18.8 Å². The molecule has 24 heavy (non-hydrogen) atoms. The van der Waals surface area contributed by atoms with Gasteiger partial charge in [0.25, 0.3) is 5.91 Å². The molecule has 1 amide bonds. The van der Waals surface area contributed by atoms with Crippen LogP contribution < -0.4 is 14.8 Å². The summed E-state index contributed by atoms with van der Waals surface area (Å²) < 4.78 is 11.4. The lowest BCUT2D eigenvalue weighted by Gasteiger charge is -2.17. The van der Waals surface area contributed by atoms with Crippen LogP contribution >= 0.6 is 0 Å². The van der Waals surface area contributed by atoms with Gasteiger partial charge in [-0.05, 0) is 61.7 Å². The molecule has 0 aliphatic rings. The van der Waals surface area contributed by atoms with E-state index in [2.05, 4.69) is 12.2 Å². The molecule has 4 heteroatoms. The van der Waals surface area contributed by atoms with Gasteiger partial charge in [-0.2, -0.15) is 0 Å². The van der Waals surface area contributed by atoms with Crippen molar-refractivity contribution in [2.24, 2.45) is 0 Å². The number of benzene rings is 2. The molecule has 2 rings (SSSR count). The molecule has 1 atom stereocenters. The van der Waals surface area contributed by atoms with Crippen molar-refractivity contribution < 1.29 is 14.3 Å². The van der Waals surface area contributed by atoms with Crippen molar-refractivity contribution in [3.8, 4) is 11.5 Å². The monoisotopic (exact) mass is 327 g/mol. The van der Waals surface area contributed by atoms with Crippen LogP contribution in [0.25, 0.3) is 0 Å². The Labute approximate surface area is 143 Å². The molecule has 0 saturated carbocycles. The molecule has 2 aromatic carbocycles. The second-order valence-corrected chi connectivity index (χ2v) is 5.69. The van der Waals surface area contributed by atoms with Crippen molar-refractivity contribution >= 4 is 11.6 Å². The lowest BCUT2D eigenvalue weighted by atomic mass is 10.2. The fourth-order valence-electron chi connectivity index (χ4n) is 2.25. The molecule has 0 saturated heterocycles. The van der Waals surface area contributed by atoms with E-state index in [1.807, 2.05) is 62.4 Å². The predicted molar refractivity (Wildman–Crippen MR) is 96.7 cm³/mol. The van der Waals surface area contributed by atoms with Crippen molar-refractivity contribution in [2.45, 2.75) is 39.7 Å². The molecule has 0 aromatic heterocycles. The first-order valence-electron chi connectivity index (χ1n) is 8.39. The average molecular weight is 327 g/mol. The summed E-state index contributed by atoms with van der Waals surface area (Å²) in [5, 5.41) is 2.89. The highest BCUT2D eigenvalue weighted by Gasteiger charge is 2.18. The number of amides is 1. The first-order chi connectivity index (χ1) is 11.6. The van der Waals surface area contributed by atoms with Gasteiger partial charge in [-0.1, -0.05) is 26.0 Å². The summed E-state index contributed by atoms with van der Waals surface area (Å²) in [5.74, 6) is 1.36. The van der Waals surface area contributed by atoms with Crippen LogP contribution in [0.15, 0.2) is 48.5 Å². The molecule has 0 aliphatic carbocycles. The number of rotatable bonds is 8. The van der Waals surface area contributed by atoms with E-state index in [-0.39, 0.29) is 5.91 Å². The predicted octanol–water partition coefficient (Wildman–Crippen LogP) is 4.58. The minimum Gasteiger partial charge on any atom is -0.494 e. The van der Waals surface area contributed by atoms with Gasteiger partial charge in [0.2, 0.25) is 0 Å². The standard InChI is InChI=1S/C20H25NO3/c1-4-13-23-17-11-9-16(10-12-17)21-20(22)19(5-2)24-18-8-6-7-15(3)14-18/h6-12,14,19H,4-5,13H2,1-3H3,(H,21,22). The fourth-order valence-corrected chi connectivity index (χ4v) is 2.25. The number of hydrogen-bond acceptors (Lipinski definition) is 3. The number of ether oxygens (including phenoxy) is 2. The van der Waals surface area contributed by atoms with Crippen molar-refractivity contribution in [3.05, 3.63) is 54.1 Å². The van der Waals surface area contributed by atoms with Gasteiger partial charge in [0, 0.05) is 5.69 Å². The Kier molecular flexibility index (Phi) is 6.67. The third-order valence-corrected chi connectivity index (χ3v) is 3.53. The van der Waals surface area contributed by atoms with Crippen LogP contribution in [-0.4, -0.2) is 18.6 Å². The minimum absolute atomic E-state index is 0.152. The summed E-state index contributed by atoms with van der Waals surface area (Å²) in [5.41, 5.74) is 1.83. The smallest absolute Gasteiger partial charge is 0.265 e. The van der Waals surface area contributed by atoms with E-state index in [0.717, 1.165) is 23.4 Å². The number of carbonyl (C=O) groups is 1. The molecule has 4 nitrogen and oxygen atoms in total. The molecule has 0 fully saturated rings. The van der Waals surface area contributed by atoms with Crippen LogP contribution in [0.2, 0.25) is 0 Å². The molecule has 2 aromatic rings. The van der Waals surface area contributed by atoms with Gasteiger partial charge in [-0.25, -0.2) is 0 Å². The summed E-state index contributed by atoms with van der Waals surface area (Å²) in [6.45, 7) is 6.68. The first-order valence-corrected chi connectivity index (χ1v) is 8.39. The van der Waals surface area contributed by atoms with Gasteiger partial charge in [0.05, 0.1) is 6.61 Å². The third-order valence-electron chi connectivity index (χ3n) is 3.53. The zero-order valence-electron chi connectivity index (χ0n) is 14.5. The largest absolute Gasteiger partial charge is 0.494 e. The molecule has 0 radical (unpaired) electrons. The molecule has 0 bridgehead atoms. The van der Waals surface area contributed by atoms with Gasteiger partial charge in [-0.3, -0.25) is 4.79 Å². The van der Waals surface area contributed by atoms with E-state index in [4.69, 9.17) is 9.47 Å². The van der Waals surface area contributed by atoms with Crippen LogP contribution in [0.4, 0.5) is 5.69 Å². The molecule has 1 unspecified atom stereocenters. The second-order valence-electron chi connectivity index (χ2n) is 5.69. The van der Waals surface area contributed by atoms with Crippen LogP contribution in [0.3, 0.4) is 0 Å². The van der Waals surface area contributed by atoms with Gasteiger partial charge >= 0.3 is 0 Å². The molecule has 0 aliphatic heterocycles. The Morgan fingerprint density at radius 1 is 1.08 bits per heavy atom. The normalized spacial score (nSPS) is 11.6. The maximum atomic E-state index is 12.4. The molecular weight excluding hydrogens is 302 g/mol. The van der Waals surface area contributed by atoms with Gasteiger partial charge in [-0.15, -0.1) is 0 Å². The lowest BCUT2D eigenvalue weighted by Crippen LogP contribution is -2.32. The highest BCUT2D eigenvalue weighted by Crippen LogP contribution is 2.18. The quantitative estimate of drug-likeness (QED) is 0.772. The lowest BCUT2D eigenvalue weighted by molar-refractivity contribution is -0.122. The van der Waals surface area contributed by atoms with Gasteiger partial charge < -0.3 is 14.8 Å². The SMILES string of the molecule is CCCOc1ccc(NC(=O)C(CC)Oc2cccc(C)c2)cc1. The summed E-state index contributed by atoms with van der Waals surface area (Å²) in [7, 11) is 0. The summed E-state index contributed by atoms with van der Waals surface area (Å²) >= 11 is 0. The van der Waals surface area contributed by atoms with E-state index >= 15 is 0 Å². The number of hydrogen-bond donors (Lipinski definition) is 1. The molecule has 1 N–H and O–H groups in total. The highest BCUT2D eigenvalue weighted by atomic mass is 16.5. The summed E-state index contributed by atoms with van der Waals surface area (Å²) in [6, 6.07) is 15.1. The summed E-state index contributed by atoms with van der Waals surface area (Å²) in [4.78, 5) is 12.4. The van der Waals surface area contributed by atoms with E-state index < -0.39 is 6.10 Å². The van der Waals surface area contributed by atoms with Gasteiger partial charge in [0.1, 0.15) is 11.5 Å². The molecular formula is C20H25NO3. The Morgan fingerprint density at radius 2 is 1.83 bits per heavy atom. The Hall–Kier alpha value is -2.49. The number of aryl methyl sites for hydroxylation is 1. The zero-order chi connectivity index (χ0) is 17.4.